The molecule has 82 valence electrons. The molecule has 0 saturated heterocycles. The number of thiocarbonyl (C=S) groups is 1. The molecule has 1 amide bonds. The molecule has 1 aromatic heterocycles. The van der Waals surface area contributed by atoms with Crippen LogP contribution < -0.4 is 11.1 Å². The minimum atomic E-state index is -0.0429. The smallest absolute Gasteiger partial charge is 0.240 e. The first-order chi connectivity index (χ1) is 7.00. The maximum atomic E-state index is 11.5. The van der Waals surface area contributed by atoms with E-state index in [2.05, 4.69) is 5.32 Å². The van der Waals surface area contributed by atoms with Gasteiger partial charge in [-0.25, -0.2) is 0 Å². The Labute approximate surface area is 94.5 Å². The van der Waals surface area contributed by atoms with Crippen molar-refractivity contribution < 1.29 is 4.79 Å². The second-order valence-corrected chi connectivity index (χ2v) is 4.05. The SMILES string of the molecule is CC(C)NC(=O)Cn1cccc1C(N)=S. The first kappa shape index (κ1) is 11.7. The van der Waals surface area contributed by atoms with Gasteiger partial charge in [0, 0.05) is 12.2 Å². The molecule has 0 saturated carbocycles. The van der Waals surface area contributed by atoms with Crippen LogP contribution in [0.5, 0.6) is 0 Å². The summed E-state index contributed by atoms with van der Waals surface area (Å²) in [7, 11) is 0. The first-order valence-electron chi connectivity index (χ1n) is 4.75. The Morgan fingerprint density at radius 1 is 1.67 bits per heavy atom. The zero-order valence-electron chi connectivity index (χ0n) is 8.86. The van der Waals surface area contributed by atoms with Crippen molar-refractivity contribution in [2.75, 3.05) is 0 Å². The van der Waals surface area contributed by atoms with E-state index in [0.717, 1.165) is 0 Å². The predicted octanol–water partition coefficient (Wildman–Crippen LogP) is 0.647. The molecule has 0 fully saturated rings. The van der Waals surface area contributed by atoms with E-state index in [1.807, 2.05) is 19.9 Å². The van der Waals surface area contributed by atoms with Gasteiger partial charge in [-0.2, -0.15) is 0 Å². The Kier molecular flexibility index (Phi) is 3.85. The molecular weight excluding hydrogens is 210 g/mol. The Morgan fingerprint density at radius 2 is 2.33 bits per heavy atom. The van der Waals surface area contributed by atoms with Crippen molar-refractivity contribution in [2.45, 2.75) is 26.4 Å². The summed E-state index contributed by atoms with van der Waals surface area (Å²) in [4.78, 5) is 11.8. The molecule has 1 heterocycles. The topological polar surface area (TPSA) is 60.0 Å². The quantitative estimate of drug-likeness (QED) is 0.740. The Morgan fingerprint density at radius 3 is 2.87 bits per heavy atom. The number of hydrogen-bond donors (Lipinski definition) is 2. The van der Waals surface area contributed by atoms with E-state index >= 15 is 0 Å². The molecule has 15 heavy (non-hydrogen) atoms. The van der Waals surface area contributed by atoms with Gasteiger partial charge in [0.15, 0.2) is 0 Å². The lowest BCUT2D eigenvalue weighted by molar-refractivity contribution is -0.122. The number of hydrogen-bond acceptors (Lipinski definition) is 2. The van der Waals surface area contributed by atoms with Crippen LogP contribution in [-0.4, -0.2) is 21.5 Å². The van der Waals surface area contributed by atoms with Crippen molar-refractivity contribution in [3.8, 4) is 0 Å². The Bertz CT molecular complexity index is 370. The summed E-state index contributed by atoms with van der Waals surface area (Å²) in [6.45, 7) is 4.09. The number of amides is 1. The summed E-state index contributed by atoms with van der Waals surface area (Å²) in [5.74, 6) is -0.0429. The molecule has 0 spiro atoms. The minimum absolute atomic E-state index is 0.0429. The predicted molar refractivity (Wildman–Crippen MR) is 63.6 cm³/mol. The van der Waals surface area contributed by atoms with E-state index in [-0.39, 0.29) is 18.5 Å². The van der Waals surface area contributed by atoms with Gasteiger partial charge in [-0.1, -0.05) is 12.2 Å². The second kappa shape index (κ2) is 4.93. The van der Waals surface area contributed by atoms with E-state index in [1.165, 1.54) is 0 Å². The fourth-order valence-electron chi connectivity index (χ4n) is 1.30. The van der Waals surface area contributed by atoms with Crippen LogP contribution in [0.3, 0.4) is 0 Å². The van der Waals surface area contributed by atoms with E-state index in [0.29, 0.717) is 10.7 Å². The standard InChI is InChI=1S/C10H15N3OS/c1-7(2)12-9(14)6-13-5-3-4-8(13)10(11)15/h3-5,7H,6H2,1-2H3,(H2,11,15)(H,12,14). The lowest BCUT2D eigenvalue weighted by Crippen LogP contribution is -2.33. The van der Waals surface area contributed by atoms with Crippen molar-refractivity contribution in [3.05, 3.63) is 24.0 Å². The van der Waals surface area contributed by atoms with Crippen LogP contribution in [0.4, 0.5) is 0 Å². The molecule has 0 bridgehead atoms. The summed E-state index contributed by atoms with van der Waals surface area (Å²) in [6.07, 6.45) is 1.79. The van der Waals surface area contributed by atoms with E-state index in [1.54, 1.807) is 16.8 Å². The maximum Gasteiger partial charge on any atom is 0.240 e. The molecule has 5 heteroatoms. The zero-order chi connectivity index (χ0) is 11.4. The van der Waals surface area contributed by atoms with Gasteiger partial charge in [-0.15, -0.1) is 0 Å². The highest BCUT2D eigenvalue weighted by atomic mass is 32.1. The van der Waals surface area contributed by atoms with Gasteiger partial charge in [0.2, 0.25) is 5.91 Å². The summed E-state index contributed by atoms with van der Waals surface area (Å²) < 4.78 is 1.74. The third kappa shape index (κ3) is 3.36. The summed E-state index contributed by atoms with van der Waals surface area (Å²) >= 11 is 4.87. The average Bonchev–Trinajstić information content (AvgIpc) is 2.50. The molecule has 0 aliphatic rings. The van der Waals surface area contributed by atoms with Crippen LogP contribution in [0.1, 0.15) is 19.5 Å². The first-order valence-corrected chi connectivity index (χ1v) is 5.16. The summed E-state index contributed by atoms with van der Waals surface area (Å²) in [5.41, 5.74) is 6.23. The molecule has 0 radical (unpaired) electrons. The molecule has 3 N–H and O–H groups in total. The molecule has 1 rings (SSSR count). The maximum absolute atomic E-state index is 11.5. The highest BCUT2D eigenvalue weighted by molar-refractivity contribution is 7.80. The monoisotopic (exact) mass is 225 g/mol. The van der Waals surface area contributed by atoms with Crippen LogP contribution in [0, 0.1) is 0 Å². The Hall–Kier alpha value is -1.36. The van der Waals surface area contributed by atoms with Crippen molar-refractivity contribution in [1.82, 2.24) is 9.88 Å². The van der Waals surface area contributed by atoms with Gasteiger partial charge >= 0.3 is 0 Å². The van der Waals surface area contributed by atoms with Crippen LogP contribution in [0.25, 0.3) is 0 Å². The highest BCUT2D eigenvalue weighted by Crippen LogP contribution is 2.01. The molecular formula is C10H15N3OS. The molecule has 0 aliphatic carbocycles. The third-order valence-corrected chi connectivity index (χ3v) is 2.05. The number of nitrogens with zero attached hydrogens (tertiary/aromatic N) is 1. The summed E-state index contributed by atoms with van der Waals surface area (Å²) in [5, 5.41) is 2.80. The largest absolute Gasteiger partial charge is 0.388 e. The molecule has 0 atom stereocenters. The molecule has 0 aromatic carbocycles. The van der Waals surface area contributed by atoms with Gasteiger partial charge < -0.3 is 15.6 Å². The van der Waals surface area contributed by atoms with Crippen molar-refractivity contribution in [2.24, 2.45) is 5.73 Å². The normalized spacial score (nSPS) is 10.3. The van der Waals surface area contributed by atoms with E-state index in [4.69, 9.17) is 18.0 Å². The molecule has 0 unspecified atom stereocenters. The van der Waals surface area contributed by atoms with Crippen molar-refractivity contribution in [3.63, 3.8) is 0 Å². The number of carbonyl (C=O) groups is 1. The zero-order valence-corrected chi connectivity index (χ0v) is 9.67. The van der Waals surface area contributed by atoms with E-state index in [9.17, 15) is 4.79 Å². The fourth-order valence-corrected chi connectivity index (χ4v) is 1.48. The average molecular weight is 225 g/mol. The Balaban J connectivity index is 2.68. The second-order valence-electron chi connectivity index (χ2n) is 3.61. The number of aromatic nitrogens is 1. The molecule has 4 nitrogen and oxygen atoms in total. The van der Waals surface area contributed by atoms with Crippen LogP contribution in [0.15, 0.2) is 18.3 Å². The number of nitrogens with one attached hydrogen (secondary N) is 1. The third-order valence-electron chi connectivity index (χ3n) is 1.85. The van der Waals surface area contributed by atoms with Gasteiger partial charge in [0.05, 0.1) is 5.69 Å². The molecule has 1 aromatic rings. The highest BCUT2D eigenvalue weighted by Gasteiger charge is 2.08. The lowest BCUT2D eigenvalue weighted by Gasteiger charge is -2.10. The van der Waals surface area contributed by atoms with Gasteiger partial charge in [-0.3, -0.25) is 4.79 Å². The van der Waals surface area contributed by atoms with Crippen LogP contribution in [0.2, 0.25) is 0 Å². The lowest BCUT2D eigenvalue weighted by atomic mass is 10.4. The summed E-state index contributed by atoms with van der Waals surface area (Å²) in [6, 6.07) is 3.75. The van der Waals surface area contributed by atoms with Gasteiger partial charge in [-0.05, 0) is 26.0 Å². The van der Waals surface area contributed by atoms with Crippen molar-refractivity contribution >= 4 is 23.1 Å². The fraction of sp³-hybridized carbons (Fsp3) is 0.400. The number of nitrogens with two attached hydrogens (primary N) is 1. The van der Waals surface area contributed by atoms with Crippen molar-refractivity contribution in [1.29, 1.82) is 0 Å². The van der Waals surface area contributed by atoms with Gasteiger partial charge in [0.1, 0.15) is 11.5 Å². The number of carbonyl (C=O) groups excluding carboxylic acids is 1. The minimum Gasteiger partial charge on any atom is -0.388 e. The van der Waals surface area contributed by atoms with Crippen LogP contribution in [-0.2, 0) is 11.3 Å². The van der Waals surface area contributed by atoms with Crippen LogP contribution >= 0.6 is 12.2 Å². The number of rotatable bonds is 4. The molecule has 0 aliphatic heterocycles. The van der Waals surface area contributed by atoms with E-state index < -0.39 is 0 Å². The van der Waals surface area contributed by atoms with Gasteiger partial charge in [0.25, 0.3) is 0 Å².